The zero-order valence-electron chi connectivity index (χ0n) is 18.7. The van der Waals surface area contributed by atoms with Crippen molar-refractivity contribution >= 4 is 28.8 Å². The number of pyridine rings is 1. The Balaban J connectivity index is 1.73. The molecule has 1 N–H and O–H groups in total. The molecule has 6 nitrogen and oxygen atoms in total. The smallest absolute Gasteiger partial charge is 0.295 e. The van der Waals surface area contributed by atoms with Gasteiger partial charge >= 0.3 is 0 Å². The van der Waals surface area contributed by atoms with E-state index in [1.54, 1.807) is 36.7 Å². The van der Waals surface area contributed by atoms with Crippen LogP contribution >= 0.6 is 11.3 Å². The number of ketones is 1. The highest BCUT2D eigenvalue weighted by atomic mass is 32.1. The molecule has 1 atom stereocenters. The molecule has 1 saturated heterocycles. The number of aliphatic hydroxyl groups excluding tert-OH is 1. The molecule has 4 rings (SSSR count). The highest BCUT2D eigenvalue weighted by molar-refractivity contribution is 7.10. The van der Waals surface area contributed by atoms with E-state index in [0.717, 1.165) is 34.6 Å². The zero-order valence-corrected chi connectivity index (χ0v) is 19.5. The van der Waals surface area contributed by atoms with Crippen molar-refractivity contribution in [3.8, 4) is 5.75 Å². The number of aromatic nitrogens is 1. The second-order valence-corrected chi connectivity index (χ2v) is 8.97. The van der Waals surface area contributed by atoms with Crippen molar-refractivity contribution in [3.63, 3.8) is 0 Å². The van der Waals surface area contributed by atoms with Crippen molar-refractivity contribution in [1.82, 2.24) is 9.88 Å². The molecule has 1 unspecified atom stereocenters. The summed E-state index contributed by atoms with van der Waals surface area (Å²) >= 11 is 1.44. The van der Waals surface area contributed by atoms with Gasteiger partial charge in [0, 0.05) is 29.4 Å². The monoisotopic (exact) mass is 462 g/mol. The summed E-state index contributed by atoms with van der Waals surface area (Å²) < 4.78 is 5.81. The van der Waals surface area contributed by atoms with Crippen LogP contribution in [0, 0.1) is 6.92 Å². The maximum atomic E-state index is 13.1. The maximum Gasteiger partial charge on any atom is 0.295 e. The second-order valence-electron chi connectivity index (χ2n) is 7.99. The normalized spacial score (nSPS) is 17.5. The van der Waals surface area contributed by atoms with Gasteiger partial charge in [0.2, 0.25) is 0 Å². The van der Waals surface area contributed by atoms with Gasteiger partial charge in [-0.05, 0) is 60.2 Å². The standard InChI is InChI=1S/C26H26N2O4S/c1-3-4-12-32-20-10-9-19(14-17(20)2)24(29)22-23(21-8-6-13-33-21)28(26(31)25(22)30)16-18-7-5-11-27-15-18/h5-11,13-15,23,29H,3-4,12,16H2,1-2H3/b24-22-. The number of aryl methyl sites for hydroxylation is 1. The Morgan fingerprint density at radius 3 is 2.73 bits per heavy atom. The number of rotatable bonds is 8. The topological polar surface area (TPSA) is 79.7 Å². The molecule has 0 saturated carbocycles. The fourth-order valence-corrected chi connectivity index (χ4v) is 4.76. The van der Waals surface area contributed by atoms with Crippen LogP contribution in [0.3, 0.4) is 0 Å². The number of likely N-dealkylation sites (tertiary alicyclic amines) is 1. The van der Waals surface area contributed by atoms with Gasteiger partial charge in [-0.3, -0.25) is 14.6 Å². The van der Waals surface area contributed by atoms with Gasteiger partial charge in [0.1, 0.15) is 11.5 Å². The number of unbranched alkanes of at least 4 members (excludes halogenated alkanes) is 1. The quantitative estimate of drug-likeness (QED) is 0.214. The minimum Gasteiger partial charge on any atom is -0.507 e. The van der Waals surface area contributed by atoms with Crippen molar-refractivity contribution in [2.45, 2.75) is 39.3 Å². The molecule has 170 valence electrons. The third-order valence-electron chi connectivity index (χ3n) is 5.63. The Bertz CT molecular complexity index is 1170. The molecule has 2 aromatic heterocycles. The summed E-state index contributed by atoms with van der Waals surface area (Å²) in [7, 11) is 0. The lowest BCUT2D eigenvalue weighted by Crippen LogP contribution is -2.28. The minimum absolute atomic E-state index is 0.102. The summed E-state index contributed by atoms with van der Waals surface area (Å²) in [5.74, 6) is -0.749. The molecule has 0 radical (unpaired) electrons. The second kappa shape index (κ2) is 10.0. The first kappa shape index (κ1) is 22.7. The summed E-state index contributed by atoms with van der Waals surface area (Å²) in [5, 5.41) is 13.1. The number of nitrogens with zero attached hydrogens (tertiary/aromatic N) is 2. The summed E-state index contributed by atoms with van der Waals surface area (Å²) in [6.45, 7) is 4.85. The summed E-state index contributed by atoms with van der Waals surface area (Å²) in [4.78, 5) is 32.6. The summed E-state index contributed by atoms with van der Waals surface area (Å²) in [5.41, 5.74) is 2.25. The van der Waals surface area contributed by atoms with E-state index >= 15 is 0 Å². The van der Waals surface area contributed by atoms with Gasteiger partial charge in [0.25, 0.3) is 11.7 Å². The van der Waals surface area contributed by atoms with Gasteiger partial charge in [-0.15, -0.1) is 11.3 Å². The molecule has 3 aromatic rings. The van der Waals surface area contributed by atoms with Crippen LogP contribution in [0.2, 0.25) is 0 Å². The molecule has 33 heavy (non-hydrogen) atoms. The van der Waals surface area contributed by atoms with E-state index in [0.29, 0.717) is 12.2 Å². The van der Waals surface area contributed by atoms with Crippen LogP contribution in [0.1, 0.15) is 47.4 Å². The molecular weight excluding hydrogens is 436 g/mol. The Morgan fingerprint density at radius 2 is 2.06 bits per heavy atom. The maximum absolute atomic E-state index is 13.1. The summed E-state index contributed by atoms with van der Waals surface area (Å²) in [6, 6.07) is 12.0. The number of carbonyl (C=O) groups excluding carboxylic acids is 2. The lowest BCUT2D eigenvalue weighted by molar-refractivity contribution is -0.140. The van der Waals surface area contributed by atoms with E-state index in [9.17, 15) is 14.7 Å². The van der Waals surface area contributed by atoms with Gasteiger partial charge in [0.15, 0.2) is 0 Å². The first-order valence-corrected chi connectivity index (χ1v) is 11.8. The molecule has 1 fully saturated rings. The average Bonchev–Trinajstić information content (AvgIpc) is 3.43. The number of hydrogen-bond donors (Lipinski definition) is 1. The molecule has 1 aromatic carbocycles. The average molecular weight is 463 g/mol. The van der Waals surface area contributed by atoms with Crippen LogP contribution in [0.25, 0.3) is 5.76 Å². The highest BCUT2D eigenvalue weighted by Crippen LogP contribution is 2.42. The van der Waals surface area contributed by atoms with Gasteiger partial charge < -0.3 is 14.7 Å². The number of hydrogen-bond acceptors (Lipinski definition) is 6. The Morgan fingerprint density at radius 1 is 1.21 bits per heavy atom. The molecule has 1 amide bonds. The van der Waals surface area contributed by atoms with Crippen LogP contribution in [0.15, 0.2) is 65.8 Å². The molecular formula is C26H26N2O4S. The van der Waals surface area contributed by atoms with Gasteiger partial charge in [-0.25, -0.2) is 0 Å². The zero-order chi connectivity index (χ0) is 23.4. The predicted octanol–water partition coefficient (Wildman–Crippen LogP) is 5.25. The largest absolute Gasteiger partial charge is 0.507 e. The van der Waals surface area contributed by atoms with Gasteiger partial charge in [0.05, 0.1) is 18.2 Å². The fraction of sp³-hybridized carbons (Fsp3) is 0.269. The Labute approximate surface area is 197 Å². The highest BCUT2D eigenvalue weighted by Gasteiger charge is 2.46. The number of Topliss-reactive ketones (excluding diaryl/α,β-unsaturated/α-hetero) is 1. The number of amides is 1. The molecule has 1 aliphatic heterocycles. The molecule has 0 bridgehead atoms. The van der Waals surface area contributed by atoms with E-state index in [1.807, 2.05) is 30.5 Å². The first-order valence-electron chi connectivity index (χ1n) is 11.0. The Kier molecular flexibility index (Phi) is 6.89. The fourth-order valence-electron chi connectivity index (χ4n) is 3.91. The van der Waals surface area contributed by atoms with Crippen molar-refractivity contribution in [2.75, 3.05) is 6.61 Å². The first-order chi connectivity index (χ1) is 16.0. The number of benzene rings is 1. The van der Waals surface area contributed by atoms with Gasteiger partial charge in [-0.2, -0.15) is 0 Å². The Hall–Kier alpha value is -3.45. The van der Waals surface area contributed by atoms with Crippen molar-refractivity contribution < 1.29 is 19.4 Å². The van der Waals surface area contributed by atoms with E-state index in [1.165, 1.54) is 16.2 Å². The van der Waals surface area contributed by atoms with Crippen molar-refractivity contribution in [2.24, 2.45) is 0 Å². The molecule has 3 heterocycles. The van der Waals surface area contributed by atoms with Gasteiger partial charge in [-0.1, -0.05) is 25.5 Å². The molecule has 0 aliphatic carbocycles. The molecule has 0 spiro atoms. The van der Waals surface area contributed by atoms with E-state index < -0.39 is 17.7 Å². The predicted molar refractivity (Wildman–Crippen MR) is 128 cm³/mol. The van der Waals surface area contributed by atoms with E-state index in [-0.39, 0.29) is 17.9 Å². The van der Waals surface area contributed by atoms with Crippen LogP contribution in [-0.2, 0) is 16.1 Å². The number of ether oxygens (including phenoxy) is 1. The molecule has 7 heteroatoms. The number of carbonyl (C=O) groups is 2. The van der Waals surface area contributed by atoms with Crippen LogP contribution in [-0.4, -0.2) is 33.3 Å². The van der Waals surface area contributed by atoms with Crippen LogP contribution < -0.4 is 4.74 Å². The van der Waals surface area contributed by atoms with Crippen molar-refractivity contribution in [1.29, 1.82) is 0 Å². The summed E-state index contributed by atoms with van der Waals surface area (Å²) in [6.07, 6.45) is 5.33. The third kappa shape index (κ3) is 4.68. The van der Waals surface area contributed by atoms with Crippen LogP contribution in [0.4, 0.5) is 0 Å². The SMILES string of the molecule is CCCCOc1ccc(/C(O)=C2/C(=O)C(=O)N(Cc3cccnc3)C2c2cccs2)cc1C. The van der Waals surface area contributed by atoms with Crippen molar-refractivity contribution in [3.05, 3.63) is 87.4 Å². The lowest BCUT2D eigenvalue weighted by atomic mass is 9.98. The third-order valence-corrected chi connectivity index (χ3v) is 6.56. The number of thiophene rings is 1. The van der Waals surface area contributed by atoms with E-state index in [2.05, 4.69) is 11.9 Å². The lowest BCUT2D eigenvalue weighted by Gasteiger charge is -2.24. The molecule has 1 aliphatic rings. The minimum atomic E-state index is -0.685. The number of aliphatic hydroxyl groups is 1. The van der Waals surface area contributed by atoms with Crippen LogP contribution in [0.5, 0.6) is 5.75 Å². The van der Waals surface area contributed by atoms with E-state index in [4.69, 9.17) is 4.74 Å².